The van der Waals surface area contributed by atoms with Crippen molar-refractivity contribution in [2.24, 2.45) is 5.92 Å². The van der Waals surface area contributed by atoms with Crippen LogP contribution in [0, 0.1) is 5.92 Å². The van der Waals surface area contributed by atoms with Crippen molar-refractivity contribution in [1.29, 1.82) is 0 Å². The number of urea groups is 1. The molecule has 2 aliphatic rings. The van der Waals surface area contributed by atoms with Crippen molar-refractivity contribution in [1.82, 2.24) is 14.8 Å². The summed E-state index contributed by atoms with van der Waals surface area (Å²) < 4.78 is 2.09. The van der Waals surface area contributed by atoms with E-state index in [1.54, 1.807) is 0 Å². The summed E-state index contributed by atoms with van der Waals surface area (Å²) in [5.41, 5.74) is 0. The normalized spacial score (nSPS) is 29.2. The third kappa shape index (κ3) is 2.69. The van der Waals surface area contributed by atoms with Crippen LogP contribution in [0.5, 0.6) is 0 Å². The molecule has 0 spiro atoms. The van der Waals surface area contributed by atoms with E-state index in [1.165, 1.54) is 32.1 Å². The fourth-order valence-electron chi connectivity index (χ4n) is 3.96. The van der Waals surface area contributed by atoms with Gasteiger partial charge in [0.15, 0.2) is 0 Å². The topological polar surface area (TPSA) is 37.3 Å². The standard InChI is InChI=1S/C16H25N3O/c1-13-12-14-6-2-3-7-15(14)19(13)16(20)17-8-11-18-9-4-5-10-18/h4-5,9-10,13-15H,2-3,6-8,11-12H2,1H3,(H,17,20)/t13-,14-,15+/m1/s1. The summed E-state index contributed by atoms with van der Waals surface area (Å²) in [4.78, 5) is 14.6. The number of carbonyl (C=O) groups is 1. The Morgan fingerprint density at radius 2 is 2.00 bits per heavy atom. The molecule has 0 radical (unpaired) electrons. The van der Waals surface area contributed by atoms with Crippen LogP contribution in [0.4, 0.5) is 4.79 Å². The van der Waals surface area contributed by atoms with E-state index in [0.717, 1.165) is 12.5 Å². The molecule has 1 aromatic rings. The molecule has 1 saturated carbocycles. The largest absolute Gasteiger partial charge is 0.353 e. The Morgan fingerprint density at radius 3 is 2.80 bits per heavy atom. The van der Waals surface area contributed by atoms with Crippen LogP contribution in [-0.2, 0) is 6.54 Å². The molecule has 3 atom stereocenters. The van der Waals surface area contributed by atoms with E-state index in [9.17, 15) is 4.79 Å². The third-order valence-electron chi connectivity index (χ3n) is 4.89. The van der Waals surface area contributed by atoms with Gasteiger partial charge >= 0.3 is 6.03 Å². The predicted molar refractivity (Wildman–Crippen MR) is 79.5 cm³/mol. The molecule has 3 rings (SSSR count). The van der Waals surface area contributed by atoms with Crippen molar-refractivity contribution in [3.63, 3.8) is 0 Å². The number of hydrogen-bond acceptors (Lipinski definition) is 1. The second-order valence-electron chi connectivity index (χ2n) is 6.26. The molecule has 20 heavy (non-hydrogen) atoms. The first-order chi connectivity index (χ1) is 9.75. The first kappa shape index (κ1) is 13.5. The van der Waals surface area contributed by atoms with E-state index >= 15 is 0 Å². The van der Waals surface area contributed by atoms with E-state index in [1.807, 2.05) is 24.5 Å². The van der Waals surface area contributed by atoms with Crippen LogP contribution < -0.4 is 5.32 Å². The average molecular weight is 275 g/mol. The molecular formula is C16H25N3O. The molecule has 0 aromatic carbocycles. The maximum atomic E-state index is 12.4. The number of amides is 2. The molecular weight excluding hydrogens is 250 g/mol. The molecule has 0 bridgehead atoms. The van der Waals surface area contributed by atoms with Gasteiger partial charge in [-0.25, -0.2) is 4.79 Å². The van der Waals surface area contributed by atoms with Gasteiger partial charge in [0.1, 0.15) is 0 Å². The van der Waals surface area contributed by atoms with Gasteiger partial charge in [0, 0.05) is 37.6 Å². The summed E-state index contributed by atoms with van der Waals surface area (Å²) in [5, 5.41) is 3.09. The predicted octanol–water partition coefficient (Wildman–Crippen LogP) is 2.85. The third-order valence-corrected chi connectivity index (χ3v) is 4.89. The smallest absolute Gasteiger partial charge is 0.317 e. The summed E-state index contributed by atoms with van der Waals surface area (Å²) in [5.74, 6) is 0.744. The number of rotatable bonds is 3. The lowest BCUT2D eigenvalue weighted by Crippen LogP contribution is -2.48. The van der Waals surface area contributed by atoms with E-state index in [4.69, 9.17) is 0 Å². The molecule has 1 aliphatic heterocycles. The van der Waals surface area contributed by atoms with Crippen LogP contribution in [0.2, 0.25) is 0 Å². The number of fused-ring (bicyclic) bond motifs is 1. The summed E-state index contributed by atoms with van der Waals surface area (Å²) >= 11 is 0. The van der Waals surface area contributed by atoms with Gasteiger partial charge in [0.25, 0.3) is 0 Å². The zero-order chi connectivity index (χ0) is 13.9. The lowest BCUT2D eigenvalue weighted by atomic mass is 9.85. The Hall–Kier alpha value is -1.45. The fourth-order valence-corrected chi connectivity index (χ4v) is 3.96. The summed E-state index contributed by atoms with van der Waals surface area (Å²) in [6, 6.07) is 5.05. The van der Waals surface area contributed by atoms with Gasteiger partial charge < -0.3 is 14.8 Å². The zero-order valence-corrected chi connectivity index (χ0v) is 12.3. The second-order valence-corrected chi connectivity index (χ2v) is 6.26. The van der Waals surface area contributed by atoms with Gasteiger partial charge in [0.05, 0.1) is 0 Å². The molecule has 2 heterocycles. The monoisotopic (exact) mass is 275 g/mol. The molecule has 1 aliphatic carbocycles. The lowest BCUT2D eigenvalue weighted by Gasteiger charge is -2.33. The van der Waals surface area contributed by atoms with E-state index in [-0.39, 0.29) is 6.03 Å². The fraction of sp³-hybridized carbons (Fsp3) is 0.688. The van der Waals surface area contributed by atoms with E-state index < -0.39 is 0 Å². The Bertz CT molecular complexity index is 443. The first-order valence-electron chi connectivity index (χ1n) is 7.92. The maximum absolute atomic E-state index is 12.4. The number of nitrogens with one attached hydrogen (secondary N) is 1. The van der Waals surface area contributed by atoms with Gasteiger partial charge in [0.2, 0.25) is 0 Å². The summed E-state index contributed by atoms with van der Waals surface area (Å²) in [6.07, 6.45) is 10.4. The highest BCUT2D eigenvalue weighted by Crippen LogP contribution is 2.39. The zero-order valence-electron chi connectivity index (χ0n) is 12.3. The number of carbonyl (C=O) groups excluding carboxylic acids is 1. The van der Waals surface area contributed by atoms with Crippen LogP contribution in [0.15, 0.2) is 24.5 Å². The number of likely N-dealkylation sites (tertiary alicyclic amines) is 1. The Balaban J connectivity index is 1.53. The van der Waals surface area contributed by atoms with Crippen LogP contribution in [0.3, 0.4) is 0 Å². The number of hydrogen-bond donors (Lipinski definition) is 1. The first-order valence-corrected chi connectivity index (χ1v) is 7.92. The van der Waals surface area contributed by atoms with Crippen LogP contribution in [0.1, 0.15) is 39.0 Å². The van der Waals surface area contributed by atoms with Gasteiger partial charge in [-0.2, -0.15) is 0 Å². The van der Waals surface area contributed by atoms with Crippen molar-refractivity contribution < 1.29 is 4.79 Å². The minimum atomic E-state index is 0.138. The quantitative estimate of drug-likeness (QED) is 0.905. The summed E-state index contributed by atoms with van der Waals surface area (Å²) in [6.45, 7) is 3.74. The van der Waals surface area contributed by atoms with Gasteiger partial charge in [-0.15, -0.1) is 0 Å². The molecule has 1 N–H and O–H groups in total. The molecule has 1 saturated heterocycles. The van der Waals surface area contributed by atoms with Gasteiger partial charge in [-0.1, -0.05) is 12.8 Å². The van der Waals surface area contributed by atoms with Crippen LogP contribution in [-0.4, -0.2) is 34.1 Å². The Morgan fingerprint density at radius 1 is 1.25 bits per heavy atom. The van der Waals surface area contributed by atoms with Crippen molar-refractivity contribution in [2.75, 3.05) is 6.54 Å². The lowest BCUT2D eigenvalue weighted by molar-refractivity contribution is 0.156. The maximum Gasteiger partial charge on any atom is 0.317 e. The molecule has 110 valence electrons. The molecule has 2 amide bonds. The molecule has 1 aromatic heterocycles. The van der Waals surface area contributed by atoms with Gasteiger partial charge in [-0.3, -0.25) is 0 Å². The number of aromatic nitrogens is 1. The molecule has 4 nitrogen and oxygen atoms in total. The minimum absolute atomic E-state index is 0.138. The summed E-state index contributed by atoms with van der Waals surface area (Å²) in [7, 11) is 0. The van der Waals surface area contributed by atoms with Gasteiger partial charge in [-0.05, 0) is 44.2 Å². The molecule has 0 unspecified atom stereocenters. The minimum Gasteiger partial charge on any atom is -0.353 e. The van der Waals surface area contributed by atoms with Crippen molar-refractivity contribution >= 4 is 6.03 Å². The van der Waals surface area contributed by atoms with Crippen molar-refractivity contribution in [3.05, 3.63) is 24.5 Å². The van der Waals surface area contributed by atoms with Crippen LogP contribution >= 0.6 is 0 Å². The number of nitrogens with zero attached hydrogens (tertiary/aromatic N) is 2. The molecule has 2 fully saturated rings. The van der Waals surface area contributed by atoms with E-state index in [2.05, 4.69) is 21.7 Å². The SMILES string of the molecule is C[C@@H]1C[C@H]2CCCC[C@@H]2N1C(=O)NCCn1cccc1. The van der Waals surface area contributed by atoms with Crippen molar-refractivity contribution in [2.45, 2.75) is 57.7 Å². The Labute approximate surface area is 121 Å². The molecule has 4 heteroatoms. The second kappa shape index (κ2) is 5.90. The highest BCUT2D eigenvalue weighted by Gasteiger charge is 2.42. The highest BCUT2D eigenvalue weighted by molar-refractivity contribution is 5.75. The average Bonchev–Trinajstić information content (AvgIpc) is 3.04. The highest BCUT2D eigenvalue weighted by atomic mass is 16.2. The Kier molecular flexibility index (Phi) is 3.99. The van der Waals surface area contributed by atoms with Crippen molar-refractivity contribution in [3.8, 4) is 0 Å². The van der Waals surface area contributed by atoms with Crippen LogP contribution in [0.25, 0.3) is 0 Å². The van der Waals surface area contributed by atoms with E-state index in [0.29, 0.717) is 18.6 Å².